The predicted octanol–water partition coefficient (Wildman–Crippen LogP) is 3.23. The average molecular weight is 402 g/mol. The number of fused-ring (bicyclic) bond motifs is 1. The van der Waals surface area contributed by atoms with Crippen molar-refractivity contribution in [3.05, 3.63) is 34.6 Å². The Morgan fingerprint density at radius 1 is 1.18 bits per heavy atom. The number of aromatic nitrogens is 2. The van der Waals surface area contributed by atoms with E-state index in [1.807, 2.05) is 12.1 Å². The van der Waals surface area contributed by atoms with Gasteiger partial charge in [-0.15, -0.1) is 0 Å². The van der Waals surface area contributed by atoms with Crippen molar-refractivity contribution in [1.82, 2.24) is 9.97 Å². The van der Waals surface area contributed by atoms with Gasteiger partial charge >= 0.3 is 0 Å². The largest absolute Gasteiger partial charge is 0.491 e. The van der Waals surface area contributed by atoms with Crippen molar-refractivity contribution < 1.29 is 14.6 Å². The van der Waals surface area contributed by atoms with E-state index in [-0.39, 0.29) is 6.61 Å². The minimum Gasteiger partial charge on any atom is -0.491 e. The van der Waals surface area contributed by atoms with Crippen molar-refractivity contribution in [2.75, 3.05) is 37.8 Å². The van der Waals surface area contributed by atoms with Crippen LogP contribution in [0.4, 0.5) is 5.82 Å². The second kappa shape index (κ2) is 7.17. The number of rotatable bonds is 3. The summed E-state index contributed by atoms with van der Waals surface area (Å²) in [4.78, 5) is 11.6. The van der Waals surface area contributed by atoms with Crippen LogP contribution in [-0.4, -0.2) is 48.0 Å². The van der Waals surface area contributed by atoms with E-state index in [0.717, 1.165) is 74.7 Å². The van der Waals surface area contributed by atoms with Crippen LogP contribution >= 0.6 is 11.6 Å². The molecular formula is C21H24ClN3O3. The van der Waals surface area contributed by atoms with Gasteiger partial charge in [-0.3, -0.25) is 0 Å². The zero-order valence-corrected chi connectivity index (χ0v) is 16.5. The van der Waals surface area contributed by atoms with Crippen molar-refractivity contribution in [2.24, 2.45) is 5.41 Å². The van der Waals surface area contributed by atoms with E-state index < -0.39 is 0 Å². The summed E-state index contributed by atoms with van der Waals surface area (Å²) >= 11 is 6.56. The fourth-order valence-electron chi connectivity index (χ4n) is 4.57. The number of aliphatic hydroxyl groups is 1. The highest BCUT2D eigenvalue weighted by Gasteiger charge is 2.38. The lowest BCUT2D eigenvalue weighted by Crippen LogP contribution is -2.41. The molecule has 3 aliphatic rings. The lowest BCUT2D eigenvalue weighted by molar-refractivity contribution is 0.133. The van der Waals surface area contributed by atoms with Gasteiger partial charge in [0.2, 0.25) is 0 Å². The van der Waals surface area contributed by atoms with E-state index in [0.29, 0.717) is 28.4 Å². The molecule has 2 aromatic rings. The minimum absolute atomic E-state index is 0.153. The van der Waals surface area contributed by atoms with Gasteiger partial charge in [-0.05, 0) is 30.2 Å². The molecule has 3 aliphatic heterocycles. The van der Waals surface area contributed by atoms with Crippen LogP contribution in [0, 0.1) is 5.41 Å². The van der Waals surface area contributed by atoms with Gasteiger partial charge in [0.1, 0.15) is 11.4 Å². The molecule has 5 rings (SSSR count). The molecule has 6 nitrogen and oxygen atoms in total. The van der Waals surface area contributed by atoms with Gasteiger partial charge in [0.25, 0.3) is 0 Å². The van der Waals surface area contributed by atoms with Crippen LogP contribution in [0.1, 0.15) is 30.5 Å². The van der Waals surface area contributed by atoms with E-state index in [2.05, 4.69) is 9.88 Å². The van der Waals surface area contributed by atoms with E-state index in [1.54, 1.807) is 6.20 Å². The van der Waals surface area contributed by atoms with Gasteiger partial charge in [0.05, 0.1) is 36.7 Å². The lowest BCUT2D eigenvalue weighted by Gasteiger charge is -2.39. The number of piperidine rings is 1. The molecule has 0 atom stereocenters. The topological polar surface area (TPSA) is 67.7 Å². The number of aliphatic hydroxyl groups excluding tert-OH is 1. The summed E-state index contributed by atoms with van der Waals surface area (Å²) < 4.78 is 11.3. The van der Waals surface area contributed by atoms with Crippen LogP contribution in [0.3, 0.4) is 0 Å². The summed E-state index contributed by atoms with van der Waals surface area (Å²) in [6.07, 6.45) is 5.96. The third-order valence-electron chi connectivity index (χ3n) is 6.35. The van der Waals surface area contributed by atoms with Crippen LogP contribution in [0.25, 0.3) is 11.3 Å². The van der Waals surface area contributed by atoms with E-state index in [1.165, 1.54) is 0 Å². The standard InChI is InChI=1S/C21H24ClN3O3/c22-18-15(2-1-14-3-9-28-19(14)18)16-11-23-20(17(12-26)24-16)25-7-4-21(5-8-25)6-10-27-13-21/h1-2,11,26H,3-10,12-13H2. The smallest absolute Gasteiger partial charge is 0.152 e. The number of anilines is 1. The van der Waals surface area contributed by atoms with Gasteiger partial charge in [0.15, 0.2) is 5.82 Å². The highest BCUT2D eigenvalue weighted by atomic mass is 35.5. The molecule has 0 aliphatic carbocycles. The molecule has 2 saturated heterocycles. The maximum atomic E-state index is 9.94. The Morgan fingerprint density at radius 2 is 2.04 bits per heavy atom. The fraction of sp³-hybridized carbons (Fsp3) is 0.524. The molecule has 1 N–H and O–H groups in total. The Bertz CT molecular complexity index is 889. The molecule has 7 heteroatoms. The van der Waals surface area contributed by atoms with Gasteiger partial charge < -0.3 is 19.5 Å². The number of hydrogen-bond acceptors (Lipinski definition) is 6. The summed E-state index contributed by atoms with van der Waals surface area (Å²) in [6, 6.07) is 4.00. The summed E-state index contributed by atoms with van der Waals surface area (Å²) in [5, 5.41) is 10.5. The van der Waals surface area contributed by atoms with Crippen molar-refractivity contribution in [3.63, 3.8) is 0 Å². The van der Waals surface area contributed by atoms with Crippen LogP contribution in [0.5, 0.6) is 5.75 Å². The predicted molar refractivity (Wildman–Crippen MR) is 107 cm³/mol. The summed E-state index contributed by atoms with van der Waals surface area (Å²) in [5.41, 5.74) is 3.50. The fourth-order valence-corrected chi connectivity index (χ4v) is 4.90. The van der Waals surface area contributed by atoms with Crippen LogP contribution in [-0.2, 0) is 17.8 Å². The van der Waals surface area contributed by atoms with Crippen LogP contribution in [0.2, 0.25) is 5.02 Å². The molecule has 2 fully saturated rings. The highest BCUT2D eigenvalue weighted by Crippen LogP contribution is 2.42. The third-order valence-corrected chi connectivity index (χ3v) is 6.73. The van der Waals surface area contributed by atoms with Gasteiger partial charge in [0, 0.05) is 31.7 Å². The van der Waals surface area contributed by atoms with E-state index in [4.69, 9.17) is 26.1 Å². The quantitative estimate of drug-likeness (QED) is 0.851. The minimum atomic E-state index is -0.153. The number of hydrogen-bond donors (Lipinski definition) is 1. The molecule has 0 amide bonds. The van der Waals surface area contributed by atoms with E-state index in [9.17, 15) is 5.11 Å². The first kappa shape index (κ1) is 18.2. The van der Waals surface area contributed by atoms with Gasteiger partial charge in [-0.25, -0.2) is 9.97 Å². The molecule has 1 aromatic carbocycles. The average Bonchev–Trinajstić information content (AvgIpc) is 3.39. The summed E-state index contributed by atoms with van der Waals surface area (Å²) in [7, 11) is 0. The monoisotopic (exact) mass is 401 g/mol. The van der Waals surface area contributed by atoms with Crippen LogP contribution in [0.15, 0.2) is 18.3 Å². The van der Waals surface area contributed by atoms with Gasteiger partial charge in [-0.2, -0.15) is 0 Å². The van der Waals surface area contributed by atoms with Crippen molar-refractivity contribution in [1.29, 1.82) is 0 Å². The summed E-state index contributed by atoms with van der Waals surface area (Å²) in [5.74, 6) is 1.52. The van der Waals surface area contributed by atoms with E-state index >= 15 is 0 Å². The SMILES string of the molecule is OCc1nc(-c2ccc3c(c2Cl)OCC3)cnc1N1CCC2(CCOC2)CC1. The molecule has 1 aromatic heterocycles. The second-order valence-corrected chi connectivity index (χ2v) is 8.37. The maximum Gasteiger partial charge on any atom is 0.152 e. The molecule has 28 heavy (non-hydrogen) atoms. The summed E-state index contributed by atoms with van der Waals surface area (Å²) in [6.45, 7) is 4.08. The zero-order valence-electron chi connectivity index (χ0n) is 15.8. The van der Waals surface area contributed by atoms with Crippen molar-refractivity contribution in [2.45, 2.75) is 32.3 Å². The molecule has 0 radical (unpaired) electrons. The first-order chi connectivity index (χ1) is 13.7. The Balaban J connectivity index is 1.42. The molecular weight excluding hydrogens is 378 g/mol. The highest BCUT2D eigenvalue weighted by molar-refractivity contribution is 6.35. The second-order valence-electron chi connectivity index (χ2n) is 7.99. The molecule has 0 unspecified atom stereocenters. The first-order valence-corrected chi connectivity index (χ1v) is 10.3. The first-order valence-electron chi connectivity index (χ1n) is 9.93. The third kappa shape index (κ3) is 3.04. The van der Waals surface area contributed by atoms with Crippen LogP contribution < -0.4 is 9.64 Å². The zero-order chi connectivity index (χ0) is 19.1. The number of benzene rings is 1. The number of nitrogens with zero attached hydrogens (tertiary/aromatic N) is 3. The van der Waals surface area contributed by atoms with Crippen molar-refractivity contribution >= 4 is 17.4 Å². The molecule has 0 bridgehead atoms. The Morgan fingerprint density at radius 3 is 2.79 bits per heavy atom. The normalized spacial score (nSPS) is 20.4. The molecule has 0 saturated carbocycles. The Labute approximate surface area is 169 Å². The Hall–Kier alpha value is -1.89. The number of halogens is 1. The van der Waals surface area contributed by atoms with Crippen molar-refractivity contribution in [3.8, 4) is 17.0 Å². The molecule has 148 valence electrons. The molecule has 4 heterocycles. The molecule has 1 spiro atoms. The van der Waals surface area contributed by atoms with Gasteiger partial charge in [-0.1, -0.05) is 23.7 Å². The Kier molecular flexibility index (Phi) is 4.65. The maximum absolute atomic E-state index is 9.94. The number of ether oxygens (including phenoxy) is 2. The lowest BCUT2D eigenvalue weighted by atomic mass is 9.78.